The predicted molar refractivity (Wildman–Crippen MR) is 97.2 cm³/mol. The van der Waals surface area contributed by atoms with Crippen LogP contribution in [-0.2, 0) is 0 Å². The van der Waals surface area contributed by atoms with Crippen molar-refractivity contribution in [2.45, 2.75) is 6.92 Å². The number of ether oxygens (including phenoxy) is 1. The molecule has 9 nitrogen and oxygen atoms in total. The Morgan fingerprint density at radius 2 is 1.64 bits per heavy atom. The molecule has 25 heavy (non-hydrogen) atoms. The number of nitrogens with one attached hydrogen (secondary N) is 2. The minimum atomic E-state index is -0.571. The van der Waals surface area contributed by atoms with Crippen LogP contribution < -0.4 is 15.4 Å². The average Bonchev–Trinajstić information content (AvgIpc) is 2.56. The largest absolute Gasteiger partial charge is 0.494 e. The van der Waals surface area contributed by atoms with Gasteiger partial charge in [0, 0.05) is 6.07 Å². The lowest BCUT2D eigenvalue weighted by atomic mass is 10.2. The zero-order valence-electron chi connectivity index (χ0n) is 13.1. The van der Waals surface area contributed by atoms with E-state index in [2.05, 4.69) is 10.6 Å². The van der Waals surface area contributed by atoms with Gasteiger partial charge in [0.2, 0.25) is 0 Å². The van der Waals surface area contributed by atoms with Gasteiger partial charge in [0.15, 0.2) is 5.11 Å². The Labute approximate surface area is 147 Å². The molecule has 0 unspecified atom stereocenters. The molecule has 0 bridgehead atoms. The Balaban J connectivity index is 2.21. The van der Waals surface area contributed by atoms with Crippen molar-refractivity contribution in [1.82, 2.24) is 0 Å². The molecule has 0 amide bonds. The number of benzene rings is 2. The first-order valence-electron chi connectivity index (χ1n) is 7.15. The van der Waals surface area contributed by atoms with Gasteiger partial charge in [-0.2, -0.15) is 0 Å². The molecule has 0 heterocycles. The highest BCUT2D eigenvalue weighted by Gasteiger charge is 2.18. The molecule has 10 heteroatoms. The summed E-state index contributed by atoms with van der Waals surface area (Å²) in [5.41, 5.74) is -0.0615. The molecule has 0 atom stereocenters. The van der Waals surface area contributed by atoms with Gasteiger partial charge < -0.3 is 15.4 Å². The van der Waals surface area contributed by atoms with E-state index < -0.39 is 9.85 Å². The van der Waals surface area contributed by atoms with Crippen LogP contribution in [0.4, 0.5) is 22.7 Å². The van der Waals surface area contributed by atoms with Crippen LogP contribution in [0.2, 0.25) is 0 Å². The van der Waals surface area contributed by atoms with Crippen LogP contribution in [0.5, 0.6) is 5.75 Å². The van der Waals surface area contributed by atoms with Gasteiger partial charge in [-0.15, -0.1) is 0 Å². The van der Waals surface area contributed by atoms with Crippen molar-refractivity contribution in [2.75, 3.05) is 17.2 Å². The SMILES string of the molecule is CCOc1ccc(NC(=S)Nc2ccccc2[N+](=O)[O-])c([N+](=O)[O-])c1. The van der Waals surface area contributed by atoms with Crippen molar-refractivity contribution in [3.05, 3.63) is 62.7 Å². The van der Waals surface area contributed by atoms with E-state index in [-0.39, 0.29) is 27.9 Å². The van der Waals surface area contributed by atoms with Crippen LogP contribution in [-0.4, -0.2) is 21.6 Å². The molecule has 0 aliphatic rings. The zero-order chi connectivity index (χ0) is 18.4. The molecule has 2 aromatic rings. The summed E-state index contributed by atoms with van der Waals surface area (Å²) >= 11 is 5.10. The molecular formula is C15H14N4O5S. The Bertz CT molecular complexity index is 827. The molecular weight excluding hydrogens is 348 g/mol. The molecule has 0 spiro atoms. The van der Waals surface area contributed by atoms with Crippen molar-refractivity contribution in [1.29, 1.82) is 0 Å². The number of hydrogen-bond acceptors (Lipinski definition) is 6. The highest BCUT2D eigenvalue weighted by Crippen LogP contribution is 2.30. The summed E-state index contributed by atoms with van der Waals surface area (Å²) in [6.07, 6.45) is 0. The molecule has 0 saturated carbocycles. The molecule has 0 aliphatic carbocycles. The van der Waals surface area contributed by atoms with Gasteiger partial charge >= 0.3 is 0 Å². The number of anilines is 2. The first-order valence-corrected chi connectivity index (χ1v) is 7.56. The van der Waals surface area contributed by atoms with Crippen molar-refractivity contribution >= 4 is 40.1 Å². The van der Waals surface area contributed by atoms with Crippen molar-refractivity contribution in [3.63, 3.8) is 0 Å². The maximum absolute atomic E-state index is 11.2. The molecule has 2 rings (SSSR count). The second-order valence-electron chi connectivity index (χ2n) is 4.72. The van der Waals surface area contributed by atoms with E-state index in [0.29, 0.717) is 12.4 Å². The van der Waals surface area contributed by atoms with Gasteiger partial charge in [-0.25, -0.2) is 0 Å². The first-order chi connectivity index (χ1) is 11.9. The van der Waals surface area contributed by atoms with E-state index in [9.17, 15) is 20.2 Å². The quantitative estimate of drug-likeness (QED) is 0.453. The number of hydrogen-bond donors (Lipinski definition) is 2. The topological polar surface area (TPSA) is 120 Å². The van der Waals surface area contributed by atoms with E-state index >= 15 is 0 Å². The standard InChI is InChI=1S/C15H14N4O5S/c1-2-24-10-7-8-12(14(9-10)19(22)23)17-15(25)16-11-5-3-4-6-13(11)18(20)21/h3-9H,2H2,1H3,(H2,16,17,25). The van der Waals surface area contributed by atoms with E-state index in [1.807, 2.05) is 0 Å². The maximum Gasteiger partial charge on any atom is 0.296 e. The Kier molecular flexibility index (Phi) is 5.79. The normalized spacial score (nSPS) is 9.96. The van der Waals surface area contributed by atoms with E-state index in [1.54, 1.807) is 19.1 Å². The second kappa shape index (κ2) is 8.02. The molecule has 2 aromatic carbocycles. The van der Waals surface area contributed by atoms with Crippen LogP contribution in [0.3, 0.4) is 0 Å². The summed E-state index contributed by atoms with van der Waals surface area (Å²) in [6.45, 7) is 2.14. The fourth-order valence-corrected chi connectivity index (χ4v) is 2.26. The maximum atomic E-state index is 11.2. The highest BCUT2D eigenvalue weighted by molar-refractivity contribution is 7.80. The third kappa shape index (κ3) is 4.61. The summed E-state index contributed by atoms with van der Waals surface area (Å²) in [6, 6.07) is 10.2. The lowest BCUT2D eigenvalue weighted by Crippen LogP contribution is -2.20. The minimum absolute atomic E-state index is 0.0124. The van der Waals surface area contributed by atoms with Crippen molar-refractivity contribution < 1.29 is 14.6 Å². The third-order valence-electron chi connectivity index (χ3n) is 3.07. The summed E-state index contributed by atoms with van der Waals surface area (Å²) in [7, 11) is 0. The van der Waals surface area contributed by atoms with Gasteiger partial charge in [-0.05, 0) is 37.3 Å². The van der Waals surface area contributed by atoms with Crippen molar-refractivity contribution in [3.8, 4) is 5.75 Å². The van der Waals surface area contributed by atoms with E-state index in [4.69, 9.17) is 17.0 Å². The van der Waals surface area contributed by atoms with Gasteiger partial charge in [0.25, 0.3) is 11.4 Å². The van der Waals surface area contributed by atoms with E-state index in [1.165, 1.54) is 30.3 Å². The van der Waals surface area contributed by atoms with Crippen molar-refractivity contribution in [2.24, 2.45) is 0 Å². The van der Waals surface area contributed by atoms with Crippen LogP contribution >= 0.6 is 12.2 Å². The number of nitrogens with zero attached hydrogens (tertiary/aromatic N) is 2. The Morgan fingerprint density at radius 3 is 2.24 bits per heavy atom. The summed E-state index contributed by atoms with van der Waals surface area (Å²) < 4.78 is 5.24. The summed E-state index contributed by atoms with van der Waals surface area (Å²) in [4.78, 5) is 21.1. The van der Waals surface area contributed by atoms with Crippen LogP contribution in [0, 0.1) is 20.2 Å². The molecule has 0 fully saturated rings. The first kappa shape index (κ1) is 18.1. The number of thiocarbonyl (C=S) groups is 1. The molecule has 0 aliphatic heterocycles. The molecule has 0 saturated heterocycles. The monoisotopic (exact) mass is 362 g/mol. The number of rotatable bonds is 6. The number of para-hydroxylation sites is 2. The fourth-order valence-electron chi connectivity index (χ4n) is 2.04. The lowest BCUT2D eigenvalue weighted by molar-refractivity contribution is -0.384. The van der Waals surface area contributed by atoms with Crippen LogP contribution in [0.15, 0.2) is 42.5 Å². The smallest absolute Gasteiger partial charge is 0.296 e. The van der Waals surface area contributed by atoms with Gasteiger partial charge in [0.05, 0.1) is 22.5 Å². The predicted octanol–water partition coefficient (Wildman–Crippen LogP) is 3.71. The highest BCUT2D eigenvalue weighted by atomic mass is 32.1. The van der Waals surface area contributed by atoms with Gasteiger partial charge in [-0.3, -0.25) is 20.2 Å². The minimum Gasteiger partial charge on any atom is -0.494 e. The lowest BCUT2D eigenvalue weighted by Gasteiger charge is -2.12. The van der Waals surface area contributed by atoms with Crippen LogP contribution in [0.25, 0.3) is 0 Å². The second-order valence-corrected chi connectivity index (χ2v) is 5.13. The summed E-state index contributed by atoms with van der Waals surface area (Å²) in [5.74, 6) is 0.359. The summed E-state index contributed by atoms with van der Waals surface area (Å²) in [5, 5.41) is 27.6. The average molecular weight is 362 g/mol. The molecule has 0 radical (unpaired) electrons. The Hall–Kier alpha value is -3.27. The van der Waals surface area contributed by atoms with Gasteiger partial charge in [-0.1, -0.05) is 12.1 Å². The van der Waals surface area contributed by atoms with E-state index in [0.717, 1.165) is 0 Å². The fraction of sp³-hybridized carbons (Fsp3) is 0.133. The third-order valence-corrected chi connectivity index (χ3v) is 3.28. The molecule has 130 valence electrons. The zero-order valence-corrected chi connectivity index (χ0v) is 13.9. The molecule has 0 aromatic heterocycles. The van der Waals surface area contributed by atoms with Crippen LogP contribution in [0.1, 0.15) is 6.92 Å². The number of nitro benzene ring substituents is 2. The van der Waals surface area contributed by atoms with Gasteiger partial charge in [0.1, 0.15) is 17.1 Å². The molecule has 2 N–H and O–H groups in total. The number of nitro groups is 2. The Morgan fingerprint density at radius 1 is 1.04 bits per heavy atom.